The molecular formula is C5H9ClO3. The number of hydrogen-bond acceptors (Lipinski definition) is 2. The lowest BCUT2D eigenvalue weighted by Crippen LogP contribution is -2.39. The van der Waals surface area contributed by atoms with Crippen molar-refractivity contribution in [3.8, 4) is 0 Å². The van der Waals surface area contributed by atoms with Crippen LogP contribution in [0.15, 0.2) is 0 Å². The van der Waals surface area contributed by atoms with Crippen LogP contribution in [0.5, 0.6) is 0 Å². The number of halogens is 1. The topological polar surface area (TPSA) is 57.5 Å². The van der Waals surface area contributed by atoms with Gasteiger partial charge < -0.3 is 10.2 Å². The van der Waals surface area contributed by atoms with Crippen molar-refractivity contribution in [3.05, 3.63) is 0 Å². The fourth-order valence-electron chi connectivity index (χ4n) is 0.303. The number of hydrogen-bond donors (Lipinski definition) is 2. The summed E-state index contributed by atoms with van der Waals surface area (Å²) in [6, 6.07) is 0. The first-order valence-corrected chi connectivity index (χ1v) is 3.12. The highest BCUT2D eigenvalue weighted by Gasteiger charge is 2.32. The lowest BCUT2D eigenvalue weighted by molar-refractivity contribution is -0.156. The minimum Gasteiger partial charge on any atom is -0.479 e. The van der Waals surface area contributed by atoms with Crippen molar-refractivity contribution < 1.29 is 15.0 Å². The fourth-order valence-corrected chi connectivity index (χ4v) is 0.606. The maximum Gasteiger partial charge on any atom is 0.336 e. The van der Waals surface area contributed by atoms with Gasteiger partial charge in [0.1, 0.15) is 0 Å². The summed E-state index contributed by atoms with van der Waals surface area (Å²) in [5.74, 6) is -1.53. The minimum absolute atomic E-state index is 0.131. The van der Waals surface area contributed by atoms with Crippen LogP contribution < -0.4 is 0 Å². The fraction of sp³-hybridized carbons (Fsp3) is 0.800. The maximum absolute atomic E-state index is 10.1. The van der Waals surface area contributed by atoms with Crippen LogP contribution in [0, 0.1) is 0 Å². The molecule has 1 atom stereocenters. The zero-order chi connectivity index (χ0) is 7.49. The molecule has 0 saturated carbocycles. The monoisotopic (exact) mass is 152 g/mol. The van der Waals surface area contributed by atoms with E-state index in [1.807, 2.05) is 0 Å². The summed E-state index contributed by atoms with van der Waals surface area (Å²) >= 11 is 5.17. The van der Waals surface area contributed by atoms with Gasteiger partial charge in [0.25, 0.3) is 0 Å². The van der Waals surface area contributed by atoms with Crippen LogP contribution in [0.1, 0.15) is 13.3 Å². The summed E-state index contributed by atoms with van der Waals surface area (Å²) in [7, 11) is 0. The van der Waals surface area contributed by atoms with Crippen molar-refractivity contribution in [2.45, 2.75) is 18.9 Å². The SMILES string of the molecule is CCC(O)(CCl)C(=O)O. The highest BCUT2D eigenvalue weighted by atomic mass is 35.5. The van der Waals surface area contributed by atoms with Crippen LogP contribution in [0.25, 0.3) is 0 Å². The number of aliphatic carboxylic acids is 1. The molecule has 0 rings (SSSR count). The largest absolute Gasteiger partial charge is 0.479 e. The molecule has 0 heterocycles. The number of carbonyl (C=O) groups is 1. The lowest BCUT2D eigenvalue weighted by Gasteiger charge is -2.16. The van der Waals surface area contributed by atoms with Crippen molar-refractivity contribution in [1.82, 2.24) is 0 Å². The Morgan fingerprint density at radius 3 is 2.22 bits per heavy atom. The molecule has 0 aliphatic heterocycles. The van der Waals surface area contributed by atoms with Crippen molar-refractivity contribution >= 4 is 17.6 Å². The molecule has 3 nitrogen and oxygen atoms in total. The molecule has 54 valence electrons. The molecule has 0 saturated heterocycles. The van der Waals surface area contributed by atoms with Crippen molar-refractivity contribution in [3.63, 3.8) is 0 Å². The summed E-state index contributed by atoms with van der Waals surface area (Å²) in [5.41, 5.74) is -1.73. The number of carboxylic acid groups (broad SMARTS) is 1. The molecule has 4 heteroatoms. The van der Waals surface area contributed by atoms with E-state index < -0.39 is 11.6 Å². The number of aliphatic hydroxyl groups is 1. The molecule has 1 unspecified atom stereocenters. The van der Waals surface area contributed by atoms with E-state index in [9.17, 15) is 4.79 Å². The van der Waals surface area contributed by atoms with Gasteiger partial charge in [-0.1, -0.05) is 6.92 Å². The molecule has 9 heavy (non-hydrogen) atoms. The predicted octanol–water partition coefficient (Wildman–Crippen LogP) is 0.451. The summed E-state index contributed by atoms with van der Waals surface area (Å²) in [6.45, 7) is 1.57. The smallest absolute Gasteiger partial charge is 0.336 e. The average molecular weight is 153 g/mol. The van der Waals surface area contributed by atoms with Crippen molar-refractivity contribution in [1.29, 1.82) is 0 Å². The summed E-state index contributed by atoms with van der Waals surface area (Å²) in [5, 5.41) is 17.3. The summed E-state index contributed by atoms with van der Waals surface area (Å²) in [6.07, 6.45) is 0.131. The third-order valence-corrected chi connectivity index (χ3v) is 1.65. The second kappa shape index (κ2) is 3.03. The van der Waals surface area contributed by atoms with Crippen LogP contribution in [0.4, 0.5) is 0 Å². The van der Waals surface area contributed by atoms with E-state index >= 15 is 0 Å². The third kappa shape index (κ3) is 1.84. The molecule has 0 fully saturated rings. The number of carboxylic acids is 1. The molecule has 0 amide bonds. The van der Waals surface area contributed by atoms with E-state index in [2.05, 4.69) is 0 Å². The van der Waals surface area contributed by atoms with Gasteiger partial charge in [0.15, 0.2) is 5.60 Å². The second-order valence-electron chi connectivity index (χ2n) is 1.82. The first-order valence-electron chi connectivity index (χ1n) is 2.58. The Morgan fingerprint density at radius 2 is 2.22 bits per heavy atom. The van der Waals surface area contributed by atoms with E-state index in [0.29, 0.717) is 0 Å². The van der Waals surface area contributed by atoms with Crippen molar-refractivity contribution in [2.24, 2.45) is 0 Å². The number of rotatable bonds is 3. The van der Waals surface area contributed by atoms with E-state index in [0.717, 1.165) is 0 Å². The van der Waals surface area contributed by atoms with Crippen LogP contribution in [-0.2, 0) is 4.79 Å². The first-order chi connectivity index (χ1) is 4.06. The molecule has 0 aliphatic carbocycles. The minimum atomic E-state index is -1.73. The van der Waals surface area contributed by atoms with Gasteiger partial charge in [-0.15, -0.1) is 11.6 Å². The Labute approximate surface area is 58.3 Å². The Morgan fingerprint density at radius 1 is 1.78 bits per heavy atom. The van der Waals surface area contributed by atoms with Crippen LogP contribution in [-0.4, -0.2) is 27.7 Å². The zero-order valence-electron chi connectivity index (χ0n) is 5.09. The number of alkyl halides is 1. The second-order valence-corrected chi connectivity index (χ2v) is 2.09. The van der Waals surface area contributed by atoms with Gasteiger partial charge in [0, 0.05) is 0 Å². The molecule has 0 spiro atoms. The highest BCUT2D eigenvalue weighted by molar-refractivity contribution is 6.20. The third-order valence-electron chi connectivity index (χ3n) is 1.20. The molecular weight excluding hydrogens is 144 g/mol. The quantitative estimate of drug-likeness (QED) is 0.578. The Hall–Kier alpha value is -0.280. The van der Waals surface area contributed by atoms with Crippen LogP contribution in [0.2, 0.25) is 0 Å². The average Bonchev–Trinajstić information content (AvgIpc) is 1.86. The molecule has 0 aromatic heterocycles. The molecule has 0 bridgehead atoms. The summed E-state index contributed by atoms with van der Waals surface area (Å²) in [4.78, 5) is 10.1. The Kier molecular flexibility index (Phi) is 2.94. The van der Waals surface area contributed by atoms with Crippen LogP contribution in [0.3, 0.4) is 0 Å². The van der Waals surface area contributed by atoms with E-state index in [-0.39, 0.29) is 12.3 Å². The van der Waals surface area contributed by atoms with Gasteiger partial charge in [-0.25, -0.2) is 4.79 Å². The van der Waals surface area contributed by atoms with Gasteiger partial charge in [-0.05, 0) is 6.42 Å². The molecule has 0 radical (unpaired) electrons. The van der Waals surface area contributed by atoms with Gasteiger partial charge in [0.2, 0.25) is 0 Å². The van der Waals surface area contributed by atoms with Gasteiger partial charge in [-0.3, -0.25) is 0 Å². The molecule has 0 aliphatic rings. The van der Waals surface area contributed by atoms with Gasteiger partial charge in [-0.2, -0.15) is 0 Å². The molecule has 0 aromatic rings. The normalized spacial score (nSPS) is 16.8. The summed E-state index contributed by atoms with van der Waals surface area (Å²) < 4.78 is 0. The van der Waals surface area contributed by atoms with Crippen molar-refractivity contribution in [2.75, 3.05) is 5.88 Å². The van der Waals surface area contributed by atoms with Gasteiger partial charge >= 0.3 is 5.97 Å². The van der Waals surface area contributed by atoms with Gasteiger partial charge in [0.05, 0.1) is 5.88 Å². The lowest BCUT2D eigenvalue weighted by atomic mass is 10.1. The highest BCUT2D eigenvalue weighted by Crippen LogP contribution is 2.11. The standard InChI is InChI=1S/C5H9ClO3/c1-2-5(9,3-6)4(7)8/h9H,2-3H2,1H3,(H,7,8). The zero-order valence-corrected chi connectivity index (χ0v) is 5.85. The first kappa shape index (κ1) is 8.72. The predicted molar refractivity (Wildman–Crippen MR) is 33.6 cm³/mol. The molecule has 2 N–H and O–H groups in total. The van der Waals surface area contributed by atoms with E-state index in [1.54, 1.807) is 6.92 Å². The van der Waals surface area contributed by atoms with E-state index in [1.165, 1.54) is 0 Å². The molecule has 0 aromatic carbocycles. The van der Waals surface area contributed by atoms with E-state index in [4.69, 9.17) is 21.8 Å². The Balaban J connectivity index is 4.09. The maximum atomic E-state index is 10.1. The van der Waals surface area contributed by atoms with Crippen LogP contribution >= 0.6 is 11.6 Å². The Bertz CT molecular complexity index is 109.